The second-order valence-corrected chi connectivity index (χ2v) is 5.90. The Morgan fingerprint density at radius 3 is 1.76 bits per heavy atom. The van der Waals surface area contributed by atoms with Crippen molar-refractivity contribution in [1.82, 2.24) is 4.90 Å². The molecular formula is C14H13F2NO4. The Kier molecular flexibility index (Phi) is 3.31. The van der Waals surface area contributed by atoms with E-state index in [0.29, 0.717) is 17.0 Å². The van der Waals surface area contributed by atoms with Gasteiger partial charge < -0.3 is 5.11 Å². The van der Waals surface area contributed by atoms with Crippen LogP contribution in [0.25, 0.3) is 0 Å². The number of imide groups is 1. The fourth-order valence-corrected chi connectivity index (χ4v) is 2.36. The number of fused-ring (bicyclic) bond motifs is 1. The van der Waals surface area contributed by atoms with E-state index < -0.39 is 40.9 Å². The van der Waals surface area contributed by atoms with E-state index in [4.69, 9.17) is 0 Å². The summed E-state index contributed by atoms with van der Waals surface area (Å²) in [6.07, 6.45) is 0. The summed E-state index contributed by atoms with van der Waals surface area (Å²) in [7, 11) is 0. The number of rotatable bonds is 2. The van der Waals surface area contributed by atoms with Gasteiger partial charge in [0.25, 0.3) is 11.8 Å². The van der Waals surface area contributed by atoms with E-state index in [2.05, 4.69) is 0 Å². The number of aliphatic carboxylic acids is 1. The Labute approximate surface area is 119 Å². The molecule has 1 unspecified atom stereocenters. The molecule has 0 saturated carbocycles. The quantitative estimate of drug-likeness (QED) is 0.848. The maximum atomic E-state index is 13.2. The molecule has 5 nitrogen and oxygen atoms in total. The maximum Gasteiger partial charge on any atom is 0.327 e. The summed E-state index contributed by atoms with van der Waals surface area (Å²) in [4.78, 5) is 36.4. The number of hydrogen-bond donors (Lipinski definition) is 1. The zero-order chi connectivity index (χ0) is 16.1. The third-order valence-corrected chi connectivity index (χ3v) is 3.27. The van der Waals surface area contributed by atoms with E-state index in [1.165, 1.54) is 0 Å². The monoisotopic (exact) mass is 297 g/mol. The van der Waals surface area contributed by atoms with Gasteiger partial charge in [-0.3, -0.25) is 14.5 Å². The molecule has 0 fully saturated rings. The van der Waals surface area contributed by atoms with Gasteiger partial charge in [-0.1, -0.05) is 20.8 Å². The standard InChI is InChI=1S/C14H13F2NO4/c1-14(2,3)10(13(20)21)17-11(18)6-4-8(15)9(16)5-7(6)12(17)19/h4-5,10H,1-3H3,(H,20,21). The third-order valence-electron chi connectivity index (χ3n) is 3.27. The molecule has 0 saturated heterocycles. The first-order valence-corrected chi connectivity index (χ1v) is 6.15. The van der Waals surface area contributed by atoms with E-state index in [0.717, 1.165) is 0 Å². The van der Waals surface area contributed by atoms with Crippen LogP contribution in [0.2, 0.25) is 0 Å². The molecule has 1 aliphatic heterocycles. The smallest absolute Gasteiger partial charge is 0.327 e. The molecule has 7 heteroatoms. The predicted octanol–water partition coefficient (Wildman–Crippen LogP) is 2.06. The minimum absolute atomic E-state index is 0.325. The van der Waals surface area contributed by atoms with Gasteiger partial charge in [-0.05, 0) is 17.5 Å². The van der Waals surface area contributed by atoms with Crippen molar-refractivity contribution in [3.63, 3.8) is 0 Å². The molecule has 1 N–H and O–H groups in total. The Morgan fingerprint density at radius 1 is 1.10 bits per heavy atom. The third kappa shape index (κ3) is 2.28. The van der Waals surface area contributed by atoms with E-state index in [9.17, 15) is 28.3 Å². The molecule has 2 amide bonds. The zero-order valence-corrected chi connectivity index (χ0v) is 11.6. The van der Waals surface area contributed by atoms with E-state index in [1.54, 1.807) is 20.8 Å². The highest BCUT2D eigenvalue weighted by atomic mass is 19.2. The van der Waals surface area contributed by atoms with Crippen molar-refractivity contribution in [2.24, 2.45) is 5.41 Å². The minimum Gasteiger partial charge on any atom is -0.480 e. The van der Waals surface area contributed by atoms with Gasteiger partial charge in [-0.25, -0.2) is 13.6 Å². The lowest BCUT2D eigenvalue weighted by molar-refractivity contribution is -0.145. The van der Waals surface area contributed by atoms with Crippen molar-refractivity contribution in [1.29, 1.82) is 0 Å². The summed E-state index contributed by atoms with van der Waals surface area (Å²) in [5.41, 5.74) is -1.58. The van der Waals surface area contributed by atoms with Gasteiger partial charge in [0.2, 0.25) is 0 Å². The second kappa shape index (κ2) is 4.61. The Hall–Kier alpha value is -2.31. The van der Waals surface area contributed by atoms with Crippen molar-refractivity contribution in [3.05, 3.63) is 34.9 Å². The molecule has 0 aromatic heterocycles. The average Bonchev–Trinajstić information content (AvgIpc) is 2.54. The second-order valence-electron chi connectivity index (χ2n) is 5.90. The lowest BCUT2D eigenvalue weighted by atomic mass is 9.85. The Balaban J connectivity index is 2.58. The van der Waals surface area contributed by atoms with Gasteiger partial charge in [0.05, 0.1) is 11.1 Å². The van der Waals surface area contributed by atoms with Crippen LogP contribution in [0.5, 0.6) is 0 Å². The lowest BCUT2D eigenvalue weighted by Crippen LogP contribution is -2.51. The van der Waals surface area contributed by atoms with E-state index in [-0.39, 0.29) is 11.1 Å². The molecule has 112 valence electrons. The molecule has 21 heavy (non-hydrogen) atoms. The number of amides is 2. The summed E-state index contributed by atoms with van der Waals surface area (Å²) in [6.45, 7) is 4.66. The van der Waals surface area contributed by atoms with Crippen molar-refractivity contribution in [2.75, 3.05) is 0 Å². The Bertz CT molecular complexity index is 623. The number of carboxylic acids is 1. The minimum atomic E-state index is -1.43. The summed E-state index contributed by atoms with van der Waals surface area (Å²) < 4.78 is 26.4. The maximum absolute atomic E-state index is 13.2. The number of benzene rings is 1. The van der Waals surface area contributed by atoms with Crippen molar-refractivity contribution in [3.8, 4) is 0 Å². The normalized spacial score (nSPS) is 16.1. The summed E-state index contributed by atoms with van der Waals surface area (Å²) in [6, 6.07) is -0.199. The molecular weight excluding hydrogens is 284 g/mol. The van der Waals surface area contributed by atoms with Crippen LogP contribution in [0.4, 0.5) is 8.78 Å². The lowest BCUT2D eigenvalue weighted by Gasteiger charge is -2.33. The topological polar surface area (TPSA) is 74.7 Å². The first-order chi connectivity index (χ1) is 9.55. The van der Waals surface area contributed by atoms with Gasteiger partial charge in [0.1, 0.15) is 6.04 Å². The Morgan fingerprint density at radius 2 is 1.48 bits per heavy atom. The van der Waals surface area contributed by atoms with E-state index >= 15 is 0 Å². The highest BCUT2D eigenvalue weighted by molar-refractivity contribution is 6.22. The van der Waals surface area contributed by atoms with Gasteiger partial charge in [0.15, 0.2) is 11.6 Å². The molecule has 0 aliphatic carbocycles. The fourth-order valence-electron chi connectivity index (χ4n) is 2.36. The number of halogens is 2. The SMILES string of the molecule is CC(C)(C)C(C(=O)O)N1C(=O)c2cc(F)c(F)cc2C1=O. The first-order valence-electron chi connectivity index (χ1n) is 6.15. The molecule has 2 rings (SSSR count). The number of carbonyl (C=O) groups excluding carboxylic acids is 2. The molecule has 0 bridgehead atoms. The highest BCUT2D eigenvalue weighted by Gasteiger charge is 2.48. The van der Waals surface area contributed by atoms with Crippen LogP contribution < -0.4 is 0 Å². The summed E-state index contributed by atoms with van der Waals surface area (Å²) >= 11 is 0. The average molecular weight is 297 g/mol. The molecule has 1 aromatic carbocycles. The largest absolute Gasteiger partial charge is 0.480 e. The molecule has 1 aromatic rings. The van der Waals surface area contributed by atoms with Gasteiger partial charge >= 0.3 is 5.97 Å². The molecule has 1 heterocycles. The van der Waals surface area contributed by atoms with Crippen LogP contribution in [0.15, 0.2) is 12.1 Å². The van der Waals surface area contributed by atoms with Crippen LogP contribution >= 0.6 is 0 Å². The van der Waals surface area contributed by atoms with Crippen LogP contribution in [0, 0.1) is 17.0 Å². The molecule has 1 aliphatic rings. The van der Waals surface area contributed by atoms with Gasteiger partial charge in [0, 0.05) is 0 Å². The van der Waals surface area contributed by atoms with Gasteiger partial charge in [-0.15, -0.1) is 0 Å². The van der Waals surface area contributed by atoms with E-state index in [1.807, 2.05) is 0 Å². The number of hydrogen-bond acceptors (Lipinski definition) is 3. The van der Waals surface area contributed by atoms with Crippen LogP contribution in [-0.2, 0) is 4.79 Å². The number of nitrogens with zero attached hydrogens (tertiary/aromatic N) is 1. The summed E-state index contributed by atoms with van der Waals surface area (Å²) in [5, 5.41) is 9.30. The predicted molar refractivity (Wildman–Crippen MR) is 67.7 cm³/mol. The van der Waals surface area contributed by atoms with Crippen molar-refractivity contribution in [2.45, 2.75) is 26.8 Å². The first kappa shape index (κ1) is 15.1. The summed E-state index contributed by atoms with van der Waals surface area (Å²) in [5.74, 6) is -5.76. The zero-order valence-electron chi connectivity index (χ0n) is 11.6. The number of carboxylic acid groups (broad SMARTS) is 1. The van der Waals surface area contributed by atoms with Crippen LogP contribution in [-0.4, -0.2) is 33.8 Å². The highest BCUT2D eigenvalue weighted by Crippen LogP contribution is 2.33. The van der Waals surface area contributed by atoms with Crippen LogP contribution in [0.1, 0.15) is 41.5 Å². The molecule has 1 atom stereocenters. The molecule has 0 spiro atoms. The van der Waals surface area contributed by atoms with Gasteiger partial charge in [-0.2, -0.15) is 0 Å². The van der Waals surface area contributed by atoms with Crippen molar-refractivity contribution >= 4 is 17.8 Å². The molecule has 0 radical (unpaired) electrons. The van der Waals surface area contributed by atoms with Crippen molar-refractivity contribution < 1.29 is 28.3 Å². The van der Waals surface area contributed by atoms with Crippen LogP contribution in [0.3, 0.4) is 0 Å². The number of carbonyl (C=O) groups is 3. The fraction of sp³-hybridized carbons (Fsp3) is 0.357.